The third-order valence-corrected chi connectivity index (χ3v) is 4.34. The van der Waals surface area contributed by atoms with E-state index < -0.39 is 11.6 Å². The second-order valence-corrected chi connectivity index (χ2v) is 6.29. The standard InChI is InChI=1S/C23H21NO5/c1-2-28-21(26)13-8-14-24(15-17-9-4-3-5-10-17)22-18-11-6-7-12-20(18)29-23(27)19(22)16-25/h3-13,16H,2,14-15H2,1H3/b13-8+. The largest absolute Gasteiger partial charge is 0.463 e. The normalized spacial score (nSPS) is 10.9. The molecule has 0 radical (unpaired) electrons. The van der Waals surface area contributed by atoms with Crippen molar-refractivity contribution >= 4 is 28.9 Å². The van der Waals surface area contributed by atoms with E-state index in [1.807, 2.05) is 41.3 Å². The van der Waals surface area contributed by atoms with Gasteiger partial charge in [-0.15, -0.1) is 0 Å². The molecule has 0 amide bonds. The van der Waals surface area contributed by atoms with Gasteiger partial charge in [0, 0.05) is 24.6 Å². The molecule has 148 valence electrons. The molecule has 0 fully saturated rings. The number of fused-ring (bicyclic) bond motifs is 1. The molecule has 0 aliphatic rings. The molecule has 29 heavy (non-hydrogen) atoms. The average Bonchev–Trinajstić information content (AvgIpc) is 2.73. The lowest BCUT2D eigenvalue weighted by Crippen LogP contribution is -2.27. The summed E-state index contributed by atoms with van der Waals surface area (Å²) in [6.45, 7) is 2.75. The highest BCUT2D eigenvalue weighted by atomic mass is 16.5. The van der Waals surface area contributed by atoms with Gasteiger partial charge in [-0.3, -0.25) is 4.79 Å². The van der Waals surface area contributed by atoms with Crippen molar-refractivity contribution in [1.82, 2.24) is 0 Å². The van der Waals surface area contributed by atoms with Crippen molar-refractivity contribution in [3.05, 3.63) is 88.3 Å². The number of benzene rings is 2. The maximum Gasteiger partial charge on any atom is 0.349 e. The molecular formula is C23H21NO5. The van der Waals surface area contributed by atoms with Gasteiger partial charge in [0.15, 0.2) is 6.29 Å². The van der Waals surface area contributed by atoms with Crippen molar-refractivity contribution < 1.29 is 18.7 Å². The van der Waals surface area contributed by atoms with Crippen molar-refractivity contribution in [1.29, 1.82) is 0 Å². The number of hydrogen-bond acceptors (Lipinski definition) is 6. The maximum atomic E-state index is 12.4. The molecule has 0 spiro atoms. The minimum atomic E-state index is -0.693. The van der Waals surface area contributed by atoms with Gasteiger partial charge in [-0.1, -0.05) is 48.5 Å². The molecule has 3 rings (SSSR count). The molecule has 3 aromatic rings. The van der Waals surface area contributed by atoms with E-state index >= 15 is 0 Å². The van der Waals surface area contributed by atoms with Gasteiger partial charge in [0.2, 0.25) is 0 Å². The zero-order valence-electron chi connectivity index (χ0n) is 16.0. The van der Waals surface area contributed by atoms with Crippen molar-refractivity contribution in [2.75, 3.05) is 18.1 Å². The van der Waals surface area contributed by atoms with Crippen LogP contribution in [0.1, 0.15) is 22.8 Å². The summed E-state index contributed by atoms with van der Waals surface area (Å²) < 4.78 is 10.2. The van der Waals surface area contributed by atoms with Crippen LogP contribution in [0.3, 0.4) is 0 Å². The molecule has 0 atom stereocenters. The Morgan fingerprint density at radius 2 is 1.83 bits per heavy atom. The number of para-hydroxylation sites is 1. The third-order valence-electron chi connectivity index (χ3n) is 4.34. The van der Waals surface area contributed by atoms with Crippen LogP contribution in [0.25, 0.3) is 11.0 Å². The number of nitrogens with zero attached hydrogens (tertiary/aromatic N) is 1. The third kappa shape index (κ3) is 4.79. The zero-order chi connectivity index (χ0) is 20.6. The van der Waals surface area contributed by atoms with Crippen molar-refractivity contribution in [2.24, 2.45) is 0 Å². The van der Waals surface area contributed by atoms with Crippen LogP contribution in [0.5, 0.6) is 0 Å². The minimum absolute atomic E-state index is 0.0517. The summed E-state index contributed by atoms with van der Waals surface area (Å²) >= 11 is 0. The fourth-order valence-corrected chi connectivity index (χ4v) is 3.10. The maximum absolute atomic E-state index is 12.4. The summed E-state index contributed by atoms with van der Waals surface area (Å²) in [5, 5.41) is 0.648. The lowest BCUT2D eigenvalue weighted by atomic mass is 10.1. The topological polar surface area (TPSA) is 76.8 Å². The molecule has 6 nitrogen and oxygen atoms in total. The van der Waals surface area contributed by atoms with Crippen LogP contribution in [0.2, 0.25) is 0 Å². The Morgan fingerprint density at radius 1 is 1.10 bits per heavy atom. The number of carbonyl (C=O) groups is 2. The summed E-state index contributed by atoms with van der Waals surface area (Å²) in [5.41, 5.74) is 1.12. The summed E-state index contributed by atoms with van der Waals surface area (Å²) in [7, 11) is 0. The van der Waals surface area contributed by atoms with Gasteiger partial charge in [-0.05, 0) is 24.6 Å². The van der Waals surface area contributed by atoms with Crippen LogP contribution < -0.4 is 10.5 Å². The van der Waals surface area contributed by atoms with E-state index in [0.29, 0.717) is 36.0 Å². The van der Waals surface area contributed by atoms with Crippen LogP contribution in [0, 0.1) is 0 Å². The Bertz CT molecular complexity index is 1090. The molecule has 6 heteroatoms. The quantitative estimate of drug-likeness (QED) is 0.252. The number of esters is 1. The highest BCUT2D eigenvalue weighted by Crippen LogP contribution is 2.29. The zero-order valence-corrected chi connectivity index (χ0v) is 16.0. The van der Waals surface area contributed by atoms with Gasteiger partial charge in [0.1, 0.15) is 11.1 Å². The van der Waals surface area contributed by atoms with E-state index in [9.17, 15) is 14.4 Å². The highest BCUT2D eigenvalue weighted by Gasteiger charge is 2.19. The predicted octanol–water partition coefficient (Wildman–Crippen LogP) is 3.73. The Morgan fingerprint density at radius 3 is 2.55 bits per heavy atom. The van der Waals surface area contributed by atoms with Crippen LogP contribution in [0.15, 0.2) is 76.0 Å². The molecule has 0 aliphatic heterocycles. The average molecular weight is 391 g/mol. The van der Waals surface area contributed by atoms with Crippen molar-refractivity contribution in [3.63, 3.8) is 0 Å². The molecule has 0 aliphatic carbocycles. The van der Waals surface area contributed by atoms with Gasteiger partial charge in [0.25, 0.3) is 0 Å². The van der Waals surface area contributed by atoms with Crippen molar-refractivity contribution in [2.45, 2.75) is 13.5 Å². The molecule has 1 aromatic heterocycles. The first-order valence-corrected chi connectivity index (χ1v) is 9.27. The van der Waals surface area contributed by atoms with Gasteiger partial charge in [-0.2, -0.15) is 0 Å². The molecule has 0 saturated carbocycles. The molecule has 0 N–H and O–H groups in total. The summed E-state index contributed by atoms with van der Waals surface area (Å²) in [5.74, 6) is -0.444. The van der Waals surface area contributed by atoms with E-state index in [0.717, 1.165) is 5.56 Å². The highest BCUT2D eigenvalue weighted by molar-refractivity contribution is 5.99. The van der Waals surface area contributed by atoms with E-state index in [1.54, 1.807) is 31.2 Å². The first-order chi connectivity index (χ1) is 14.1. The number of ether oxygens (including phenoxy) is 1. The Balaban J connectivity index is 2.09. The predicted molar refractivity (Wildman–Crippen MR) is 111 cm³/mol. The Labute approximate surface area is 168 Å². The fourth-order valence-electron chi connectivity index (χ4n) is 3.10. The van der Waals surface area contributed by atoms with Gasteiger partial charge < -0.3 is 14.1 Å². The molecule has 0 saturated heterocycles. The molecule has 0 bridgehead atoms. The van der Waals surface area contributed by atoms with Crippen LogP contribution in [0.4, 0.5) is 5.69 Å². The number of rotatable bonds is 8. The molecule has 1 heterocycles. The second-order valence-electron chi connectivity index (χ2n) is 6.29. The molecular weight excluding hydrogens is 370 g/mol. The van der Waals surface area contributed by atoms with Crippen LogP contribution >= 0.6 is 0 Å². The lowest BCUT2D eigenvalue weighted by Gasteiger charge is -2.25. The summed E-state index contributed by atoms with van der Waals surface area (Å²) in [4.78, 5) is 37.7. The number of hydrogen-bond donors (Lipinski definition) is 0. The number of carbonyl (C=O) groups excluding carboxylic acids is 2. The van der Waals surface area contributed by atoms with Crippen molar-refractivity contribution in [3.8, 4) is 0 Å². The Kier molecular flexibility index (Phi) is 6.58. The first kappa shape index (κ1) is 20.1. The number of anilines is 1. The second kappa shape index (κ2) is 9.50. The monoisotopic (exact) mass is 391 g/mol. The van der Waals surface area contributed by atoms with E-state index in [2.05, 4.69) is 0 Å². The van der Waals surface area contributed by atoms with Gasteiger partial charge >= 0.3 is 11.6 Å². The molecule has 2 aromatic carbocycles. The summed E-state index contributed by atoms with van der Waals surface area (Å²) in [6.07, 6.45) is 3.51. The SMILES string of the molecule is CCOC(=O)/C=C/CN(Cc1ccccc1)c1c(C=O)c(=O)oc2ccccc12. The number of aldehydes is 1. The molecule has 0 unspecified atom stereocenters. The van der Waals surface area contributed by atoms with Crippen LogP contribution in [-0.4, -0.2) is 25.4 Å². The van der Waals surface area contributed by atoms with E-state index in [1.165, 1.54) is 6.08 Å². The summed E-state index contributed by atoms with van der Waals surface area (Å²) in [6, 6.07) is 16.7. The smallest absolute Gasteiger partial charge is 0.349 e. The van der Waals surface area contributed by atoms with Crippen LogP contribution in [-0.2, 0) is 16.1 Å². The minimum Gasteiger partial charge on any atom is -0.463 e. The lowest BCUT2D eigenvalue weighted by molar-refractivity contribution is -0.137. The first-order valence-electron chi connectivity index (χ1n) is 9.27. The Hall–Kier alpha value is -3.67. The van der Waals surface area contributed by atoms with Gasteiger partial charge in [0.05, 0.1) is 12.3 Å². The fraction of sp³-hybridized carbons (Fsp3) is 0.174. The van der Waals surface area contributed by atoms with E-state index in [4.69, 9.17) is 9.15 Å². The van der Waals surface area contributed by atoms with Gasteiger partial charge in [-0.25, -0.2) is 9.59 Å². The van der Waals surface area contributed by atoms with E-state index in [-0.39, 0.29) is 12.2 Å².